The number of hydrogen-bond donors (Lipinski definition) is 1. The van der Waals surface area contributed by atoms with Crippen molar-refractivity contribution in [3.63, 3.8) is 0 Å². The molecular formula is C14H19F2NO. The predicted molar refractivity (Wildman–Crippen MR) is 66.9 cm³/mol. The second kappa shape index (κ2) is 5.94. The summed E-state index contributed by atoms with van der Waals surface area (Å²) in [7, 11) is 0. The van der Waals surface area contributed by atoms with Crippen LogP contribution in [0.2, 0.25) is 0 Å². The van der Waals surface area contributed by atoms with E-state index >= 15 is 0 Å². The molecule has 0 aromatic heterocycles. The van der Waals surface area contributed by atoms with Crippen LogP contribution in [0.15, 0.2) is 18.2 Å². The second-order valence-electron chi connectivity index (χ2n) is 5.05. The lowest BCUT2D eigenvalue weighted by Gasteiger charge is -2.22. The van der Waals surface area contributed by atoms with Gasteiger partial charge in [-0.1, -0.05) is 33.3 Å². The highest BCUT2D eigenvalue weighted by atomic mass is 19.1. The highest BCUT2D eigenvalue weighted by Gasteiger charge is 2.26. The number of benzene rings is 1. The van der Waals surface area contributed by atoms with E-state index in [4.69, 9.17) is 0 Å². The molecule has 1 aromatic carbocycles. The van der Waals surface area contributed by atoms with Gasteiger partial charge in [0.2, 0.25) is 5.91 Å². The Bertz CT molecular complexity index is 430. The third-order valence-electron chi connectivity index (χ3n) is 2.94. The minimum Gasteiger partial charge on any atom is -0.351 e. The minimum absolute atomic E-state index is 0.0814. The number of halogens is 2. The number of carbonyl (C=O) groups excluding carboxylic acids is 1. The molecule has 0 aliphatic carbocycles. The summed E-state index contributed by atoms with van der Waals surface area (Å²) >= 11 is 0. The maximum absolute atomic E-state index is 13.4. The third-order valence-corrected chi connectivity index (χ3v) is 2.94. The van der Waals surface area contributed by atoms with Crippen LogP contribution in [0, 0.1) is 17.0 Å². The van der Waals surface area contributed by atoms with Gasteiger partial charge >= 0.3 is 0 Å². The van der Waals surface area contributed by atoms with Crippen molar-refractivity contribution < 1.29 is 13.6 Å². The molecule has 100 valence electrons. The quantitative estimate of drug-likeness (QED) is 0.858. The Morgan fingerprint density at radius 2 is 2.00 bits per heavy atom. The number of hydrogen-bond acceptors (Lipinski definition) is 1. The van der Waals surface area contributed by atoms with Gasteiger partial charge in [0, 0.05) is 23.6 Å². The van der Waals surface area contributed by atoms with Gasteiger partial charge in [-0.15, -0.1) is 0 Å². The van der Waals surface area contributed by atoms with Gasteiger partial charge in [-0.05, 0) is 12.5 Å². The fourth-order valence-electron chi connectivity index (χ4n) is 1.82. The Hall–Kier alpha value is -1.45. The number of amides is 1. The lowest BCUT2D eigenvalue weighted by molar-refractivity contribution is -0.129. The normalized spacial score (nSPS) is 11.4. The van der Waals surface area contributed by atoms with E-state index in [0.29, 0.717) is 0 Å². The molecule has 1 amide bonds. The largest absolute Gasteiger partial charge is 0.351 e. The molecule has 0 aliphatic rings. The molecule has 0 saturated heterocycles. The van der Waals surface area contributed by atoms with Gasteiger partial charge in [0.15, 0.2) is 0 Å². The van der Waals surface area contributed by atoms with Crippen LogP contribution in [0.3, 0.4) is 0 Å². The molecule has 0 spiro atoms. The topological polar surface area (TPSA) is 29.1 Å². The van der Waals surface area contributed by atoms with E-state index in [2.05, 4.69) is 5.32 Å². The SMILES string of the molecule is CCCC(C)(C)C(=O)NCc1ccc(F)cc1F. The molecule has 0 aliphatic heterocycles. The van der Waals surface area contributed by atoms with E-state index < -0.39 is 17.0 Å². The van der Waals surface area contributed by atoms with Crippen LogP contribution in [-0.2, 0) is 11.3 Å². The highest BCUT2D eigenvalue weighted by Crippen LogP contribution is 2.22. The molecule has 0 saturated carbocycles. The molecule has 0 unspecified atom stereocenters. The van der Waals surface area contributed by atoms with Crippen molar-refractivity contribution in [2.75, 3.05) is 0 Å². The molecule has 1 aromatic rings. The fourth-order valence-corrected chi connectivity index (χ4v) is 1.82. The average molecular weight is 255 g/mol. The number of rotatable bonds is 5. The lowest BCUT2D eigenvalue weighted by atomic mass is 9.87. The molecule has 0 fully saturated rings. The van der Waals surface area contributed by atoms with Crippen LogP contribution >= 0.6 is 0 Å². The van der Waals surface area contributed by atoms with Crippen LogP contribution in [0.5, 0.6) is 0 Å². The first-order valence-corrected chi connectivity index (χ1v) is 6.09. The molecule has 4 heteroatoms. The van der Waals surface area contributed by atoms with Gasteiger partial charge < -0.3 is 5.32 Å². The monoisotopic (exact) mass is 255 g/mol. The highest BCUT2D eigenvalue weighted by molar-refractivity contribution is 5.81. The fraction of sp³-hybridized carbons (Fsp3) is 0.500. The van der Waals surface area contributed by atoms with Crippen molar-refractivity contribution in [2.24, 2.45) is 5.41 Å². The standard InChI is InChI=1S/C14H19F2NO/c1-4-7-14(2,3)13(18)17-9-10-5-6-11(15)8-12(10)16/h5-6,8H,4,7,9H2,1-3H3,(H,17,18). The molecule has 1 N–H and O–H groups in total. The summed E-state index contributed by atoms with van der Waals surface area (Å²) in [6, 6.07) is 3.35. The first kappa shape index (κ1) is 14.6. The minimum atomic E-state index is -0.636. The number of nitrogens with one attached hydrogen (secondary N) is 1. The van der Waals surface area contributed by atoms with Crippen molar-refractivity contribution in [2.45, 2.75) is 40.2 Å². The van der Waals surface area contributed by atoms with Crippen LogP contribution in [0.1, 0.15) is 39.2 Å². The summed E-state index contributed by atoms with van der Waals surface area (Å²) in [4.78, 5) is 11.9. The van der Waals surface area contributed by atoms with Gasteiger partial charge in [-0.2, -0.15) is 0 Å². The van der Waals surface area contributed by atoms with E-state index in [9.17, 15) is 13.6 Å². The Labute approximate surface area is 106 Å². The Morgan fingerprint density at radius 1 is 1.33 bits per heavy atom. The summed E-state index contributed by atoms with van der Waals surface area (Å²) < 4.78 is 26.1. The van der Waals surface area contributed by atoms with Gasteiger partial charge in [-0.25, -0.2) is 8.78 Å². The Kier molecular flexibility index (Phi) is 4.82. The van der Waals surface area contributed by atoms with E-state index in [1.165, 1.54) is 12.1 Å². The Morgan fingerprint density at radius 3 is 2.56 bits per heavy atom. The van der Waals surface area contributed by atoms with Crippen molar-refractivity contribution in [3.8, 4) is 0 Å². The van der Waals surface area contributed by atoms with Crippen molar-refractivity contribution in [1.82, 2.24) is 5.32 Å². The van der Waals surface area contributed by atoms with E-state index in [1.54, 1.807) is 0 Å². The summed E-state index contributed by atoms with van der Waals surface area (Å²) in [5, 5.41) is 2.68. The van der Waals surface area contributed by atoms with Crippen LogP contribution in [-0.4, -0.2) is 5.91 Å². The molecular weight excluding hydrogens is 236 g/mol. The third kappa shape index (κ3) is 3.79. The lowest BCUT2D eigenvalue weighted by Crippen LogP contribution is -2.36. The van der Waals surface area contributed by atoms with Crippen LogP contribution in [0.25, 0.3) is 0 Å². The zero-order valence-corrected chi connectivity index (χ0v) is 11.0. The molecule has 0 heterocycles. The molecule has 1 rings (SSSR count). The van der Waals surface area contributed by atoms with Gasteiger partial charge in [-0.3, -0.25) is 4.79 Å². The summed E-state index contributed by atoms with van der Waals surface area (Å²) in [5.74, 6) is -1.37. The van der Waals surface area contributed by atoms with Crippen LogP contribution < -0.4 is 5.32 Å². The average Bonchev–Trinajstić information content (AvgIpc) is 2.27. The Balaban J connectivity index is 2.62. The van der Waals surface area contributed by atoms with Crippen molar-refractivity contribution in [1.29, 1.82) is 0 Å². The van der Waals surface area contributed by atoms with Gasteiger partial charge in [0.05, 0.1) is 0 Å². The summed E-state index contributed by atoms with van der Waals surface area (Å²) in [6.07, 6.45) is 1.68. The summed E-state index contributed by atoms with van der Waals surface area (Å²) in [5.41, 5.74) is -0.178. The summed E-state index contributed by atoms with van der Waals surface area (Å²) in [6.45, 7) is 5.80. The van der Waals surface area contributed by atoms with Gasteiger partial charge in [0.25, 0.3) is 0 Å². The molecule has 0 radical (unpaired) electrons. The predicted octanol–water partition coefficient (Wildman–Crippen LogP) is 3.41. The first-order valence-electron chi connectivity index (χ1n) is 6.09. The van der Waals surface area contributed by atoms with Crippen molar-refractivity contribution >= 4 is 5.91 Å². The zero-order valence-electron chi connectivity index (χ0n) is 11.0. The zero-order chi connectivity index (χ0) is 13.8. The smallest absolute Gasteiger partial charge is 0.225 e. The van der Waals surface area contributed by atoms with Gasteiger partial charge in [0.1, 0.15) is 11.6 Å². The maximum atomic E-state index is 13.4. The molecule has 0 bridgehead atoms. The van der Waals surface area contributed by atoms with Crippen molar-refractivity contribution in [3.05, 3.63) is 35.4 Å². The van der Waals surface area contributed by atoms with Crippen LogP contribution in [0.4, 0.5) is 8.78 Å². The second-order valence-corrected chi connectivity index (χ2v) is 5.05. The number of carbonyl (C=O) groups is 1. The molecule has 18 heavy (non-hydrogen) atoms. The molecule has 0 atom stereocenters. The van der Waals surface area contributed by atoms with E-state index in [0.717, 1.165) is 18.9 Å². The van der Waals surface area contributed by atoms with E-state index in [-0.39, 0.29) is 18.0 Å². The maximum Gasteiger partial charge on any atom is 0.225 e. The molecule has 2 nitrogen and oxygen atoms in total. The first-order chi connectivity index (χ1) is 8.36. The van der Waals surface area contributed by atoms with E-state index in [1.807, 2.05) is 20.8 Å².